The Labute approximate surface area is 138 Å². The Balaban J connectivity index is 1.97. The normalized spacial score (nSPS) is 10.8. The van der Waals surface area contributed by atoms with Crippen LogP contribution in [0.4, 0.5) is 11.4 Å². The van der Waals surface area contributed by atoms with Crippen molar-refractivity contribution in [3.63, 3.8) is 0 Å². The van der Waals surface area contributed by atoms with Gasteiger partial charge in [-0.1, -0.05) is 42.5 Å². The molecule has 23 heavy (non-hydrogen) atoms. The molecule has 110 valence electrons. The highest BCUT2D eigenvalue weighted by molar-refractivity contribution is 7.26. The standard InChI is InChI=1S/C20H14N2S/c1-22(17-10-4-2-7-14(17)13-21)18-11-6-9-16-15-8-3-5-12-19(15)23-20(16)18/h2-12H,1H3. The molecule has 0 saturated heterocycles. The van der Waals surface area contributed by atoms with E-state index in [0.717, 1.165) is 11.4 Å². The molecule has 1 aromatic heterocycles. The predicted octanol–water partition coefficient (Wildman–Crippen LogP) is 5.69. The monoisotopic (exact) mass is 314 g/mol. The highest BCUT2D eigenvalue weighted by atomic mass is 32.1. The summed E-state index contributed by atoms with van der Waals surface area (Å²) in [5.74, 6) is 0. The molecule has 0 atom stereocenters. The van der Waals surface area contributed by atoms with E-state index in [1.807, 2.05) is 31.3 Å². The van der Waals surface area contributed by atoms with Gasteiger partial charge in [0, 0.05) is 22.5 Å². The van der Waals surface area contributed by atoms with Gasteiger partial charge in [-0.05, 0) is 24.3 Å². The second kappa shape index (κ2) is 5.42. The van der Waals surface area contributed by atoms with Gasteiger partial charge in [-0.3, -0.25) is 0 Å². The van der Waals surface area contributed by atoms with Crippen molar-refractivity contribution in [2.24, 2.45) is 0 Å². The van der Waals surface area contributed by atoms with Gasteiger partial charge in [0.25, 0.3) is 0 Å². The molecule has 3 aromatic carbocycles. The first-order valence-corrected chi connectivity index (χ1v) is 8.24. The van der Waals surface area contributed by atoms with Crippen LogP contribution in [0.25, 0.3) is 20.2 Å². The fraction of sp³-hybridized carbons (Fsp3) is 0.0500. The number of rotatable bonds is 2. The molecule has 0 aliphatic heterocycles. The first-order chi connectivity index (χ1) is 11.3. The molecule has 0 unspecified atom stereocenters. The van der Waals surface area contributed by atoms with Crippen molar-refractivity contribution >= 4 is 42.9 Å². The number of fused-ring (bicyclic) bond motifs is 3. The van der Waals surface area contributed by atoms with Gasteiger partial charge in [0.05, 0.1) is 21.6 Å². The summed E-state index contributed by atoms with van der Waals surface area (Å²) in [6.45, 7) is 0. The van der Waals surface area contributed by atoms with Crippen LogP contribution < -0.4 is 4.90 Å². The Morgan fingerprint density at radius 1 is 0.826 bits per heavy atom. The van der Waals surface area contributed by atoms with Crippen molar-refractivity contribution in [2.45, 2.75) is 0 Å². The second-order valence-electron chi connectivity index (χ2n) is 5.44. The van der Waals surface area contributed by atoms with Gasteiger partial charge in [0.15, 0.2) is 0 Å². The van der Waals surface area contributed by atoms with Crippen molar-refractivity contribution < 1.29 is 0 Å². The summed E-state index contributed by atoms with van der Waals surface area (Å²) in [7, 11) is 2.02. The lowest BCUT2D eigenvalue weighted by atomic mass is 10.1. The highest BCUT2D eigenvalue weighted by Gasteiger charge is 2.14. The lowest BCUT2D eigenvalue weighted by Crippen LogP contribution is -2.10. The van der Waals surface area contributed by atoms with E-state index < -0.39 is 0 Å². The molecule has 0 aliphatic rings. The highest BCUT2D eigenvalue weighted by Crippen LogP contribution is 2.41. The van der Waals surface area contributed by atoms with Crippen LogP contribution in [0, 0.1) is 11.3 Å². The Hall–Kier alpha value is -2.83. The number of hydrogen-bond donors (Lipinski definition) is 0. The number of hydrogen-bond acceptors (Lipinski definition) is 3. The summed E-state index contributed by atoms with van der Waals surface area (Å²) in [6.07, 6.45) is 0. The van der Waals surface area contributed by atoms with E-state index in [1.54, 1.807) is 11.3 Å². The first kappa shape index (κ1) is 13.8. The van der Waals surface area contributed by atoms with E-state index in [1.165, 1.54) is 20.2 Å². The van der Waals surface area contributed by atoms with Crippen LogP contribution in [0.5, 0.6) is 0 Å². The minimum Gasteiger partial charge on any atom is -0.342 e. The Kier molecular flexibility index (Phi) is 3.25. The Bertz CT molecular complexity index is 1060. The molecule has 0 aliphatic carbocycles. The lowest BCUT2D eigenvalue weighted by molar-refractivity contribution is 1.21. The summed E-state index contributed by atoms with van der Waals surface area (Å²) in [6, 6.07) is 24.9. The van der Waals surface area contributed by atoms with Crippen LogP contribution in [0.2, 0.25) is 0 Å². The number of thiophene rings is 1. The van der Waals surface area contributed by atoms with E-state index in [9.17, 15) is 5.26 Å². The van der Waals surface area contributed by atoms with E-state index in [2.05, 4.69) is 53.4 Å². The quantitative estimate of drug-likeness (QED) is 0.475. The third-order valence-electron chi connectivity index (χ3n) is 4.13. The van der Waals surface area contributed by atoms with Crippen LogP contribution in [0.1, 0.15) is 5.56 Å². The topological polar surface area (TPSA) is 27.0 Å². The molecule has 0 bridgehead atoms. The van der Waals surface area contributed by atoms with Crippen LogP contribution in [0.3, 0.4) is 0 Å². The lowest BCUT2D eigenvalue weighted by Gasteiger charge is -2.21. The molecule has 2 nitrogen and oxygen atoms in total. The van der Waals surface area contributed by atoms with E-state index in [4.69, 9.17) is 0 Å². The maximum atomic E-state index is 9.37. The molecule has 0 N–H and O–H groups in total. The van der Waals surface area contributed by atoms with Crippen molar-refractivity contribution in [1.82, 2.24) is 0 Å². The average Bonchev–Trinajstić information content (AvgIpc) is 3.00. The largest absolute Gasteiger partial charge is 0.342 e. The minimum atomic E-state index is 0.688. The number of nitrogens with zero attached hydrogens (tertiary/aromatic N) is 2. The van der Waals surface area contributed by atoms with Crippen LogP contribution in [0.15, 0.2) is 66.7 Å². The molecule has 3 heteroatoms. The number of nitriles is 1. The average molecular weight is 314 g/mol. The van der Waals surface area contributed by atoms with Crippen molar-refractivity contribution in [2.75, 3.05) is 11.9 Å². The van der Waals surface area contributed by atoms with Gasteiger partial charge in [-0.2, -0.15) is 5.26 Å². The fourth-order valence-corrected chi connectivity index (χ4v) is 4.24. The minimum absolute atomic E-state index is 0.688. The third-order valence-corrected chi connectivity index (χ3v) is 5.34. The maximum Gasteiger partial charge on any atom is 0.101 e. The molecular weight excluding hydrogens is 300 g/mol. The number of para-hydroxylation sites is 1. The van der Waals surface area contributed by atoms with E-state index in [0.29, 0.717) is 5.56 Å². The number of benzene rings is 3. The molecule has 0 radical (unpaired) electrons. The molecule has 0 amide bonds. The third kappa shape index (κ3) is 2.16. The predicted molar refractivity (Wildman–Crippen MR) is 98.6 cm³/mol. The molecule has 4 aromatic rings. The fourth-order valence-electron chi connectivity index (χ4n) is 2.99. The van der Waals surface area contributed by atoms with Gasteiger partial charge >= 0.3 is 0 Å². The smallest absolute Gasteiger partial charge is 0.101 e. The summed E-state index contributed by atoms with van der Waals surface area (Å²) < 4.78 is 2.54. The van der Waals surface area contributed by atoms with Gasteiger partial charge in [0.2, 0.25) is 0 Å². The summed E-state index contributed by atoms with van der Waals surface area (Å²) >= 11 is 1.80. The van der Waals surface area contributed by atoms with Crippen molar-refractivity contribution in [3.05, 3.63) is 72.3 Å². The Morgan fingerprint density at radius 2 is 1.52 bits per heavy atom. The van der Waals surface area contributed by atoms with Crippen LogP contribution in [-0.4, -0.2) is 7.05 Å². The molecular formula is C20H14N2S. The maximum absolute atomic E-state index is 9.37. The zero-order valence-corrected chi connectivity index (χ0v) is 13.5. The van der Waals surface area contributed by atoms with Crippen molar-refractivity contribution in [1.29, 1.82) is 5.26 Å². The van der Waals surface area contributed by atoms with Crippen molar-refractivity contribution in [3.8, 4) is 6.07 Å². The SMILES string of the molecule is CN(c1ccccc1C#N)c1cccc2c1sc1ccccc12. The van der Waals surface area contributed by atoms with Gasteiger partial charge < -0.3 is 4.90 Å². The molecule has 1 heterocycles. The summed E-state index contributed by atoms with van der Waals surface area (Å²) in [4.78, 5) is 2.11. The zero-order chi connectivity index (χ0) is 15.8. The molecule has 0 spiro atoms. The number of anilines is 2. The van der Waals surface area contributed by atoms with Crippen LogP contribution in [-0.2, 0) is 0 Å². The molecule has 4 rings (SSSR count). The van der Waals surface area contributed by atoms with Gasteiger partial charge in [-0.25, -0.2) is 0 Å². The molecule has 0 fully saturated rings. The summed E-state index contributed by atoms with van der Waals surface area (Å²) in [5.41, 5.74) is 2.75. The molecule has 0 saturated carbocycles. The van der Waals surface area contributed by atoms with Gasteiger partial charge in [-0.15, -0.1) is 11.3 Å². The second-order valence-corrected chi connectivity index (χ2v) is 6.49. The first-order valence-electron chi connectivity index (χ1n) is 7.42. The van der Waals surface area contributed by atoms with E-state index in [-0.39, 0.29) is 0 Å². The summed E-state index contributed by atoms with van der Waals surface area (Å²) in [5, 5.41) is 11.9. The van der Waals surface area contributed by atoms with E-state index >= 15 is 0 Å². The Morgan fingerprint density at radius 3 is 2.39 bits per heavy atom. The zero-order valence-electron chi connectivity index (χ0n) is 12.7. The van der Waals surface area contributed by atoms with Crippen LogP contribution >= 0.6 is 11.3 Å². The van der Waals surface area contributed by atoms with Gasteiger partial charge in [0.1, 0.15) is 6.07 Å².